The van der Waals surface area contributed by atoms with Crippen LogP contribution in [0.1, 0.15) is 58.3 Å². The lowest BCUT2D eigenvalue weighted by atomic mass is 9.51. The normalized spacial score (nSPS) is 49.2. The molecule has 0 bridgehead atoms. The van der Waals surface area contributed by atoms with E-state index < -0.39 is 5.60 Å². The van der Waals surface area contributed by atoms with E-state index in [0.717, 1.165) is 44.1 Å². The molecule has 0 aliphatic heterocycles. The summed E-state index contributed by atoms with van der Waals surface area (Å²) in [5.41, 5.74) is 0.0838. The van der Waals surface area contributed by atoms with Crippen LogP contribution in [0.25, 0.3) is 0 Å². The summed E-state index contributed by atoms with van der Waals surface area (Å²) in [6.45, 7) is 2.16. The zero-order chi connectivity index (χ0) is 14.8. The van der Waals surface area contributed by atoms with E-state index in [4.69, 9.17) is 0 Å². The Balaban J connectivity index is 1.70. The Hall–Kier alpha value is -0.960. The van der Waals surface area contributed by atoms with Crippen molar-refractivity contribution in [3.05, 3.63) is 11.6 Å². The minimum atomic E-state index is -0.760. The van der Waals surface area contributed by atoms with Gasteiger partial charge in [0.15, 0.2) is 5.78 Å². The van der Waals surface area contributed by atoms with Gasteiger partial charge in [0.2, 0.25) is 0 Å². The van der Waals surface area contributed by atoms with Crippen LogP contribution in [0.4, 0.5) is 0 Å². The maximum absolute atomic E-state index is 12.3. The molecule has 4 rings (SSSR count). The lowest BCUT2D eigenvalue weighted by Crippen LogP contribution is -2.55. The molecule has 0 aromatic rings. The minimum absolute atomic E-state index is 0.136. The molecule has 0 saturated heterocycles. The number of ketones is 2. The van der Waals surface area contributed by atoms with Gasteiger partial charge in [-0.05, 0) is 67.9 Å². The van der Waals surface area contributed by atoms with Crippen LogP contribution in [0.15, 0.2) is 11.6 Å². The molecule has 3 nitrogen and oxygen atoms in total. The fraction of sp³-hybridized carbons (Fsp3) is 0.778. The lowest BCUT2D eigenvalue weighted by Gasteiger charge is -2.55. The summed E-state index contributed by atoms with van der Waals surface area (Å²) >= 11 is 0. The number of rotatable bonds is 0. The Morgan fingerprint density at radius 3 is 2.67 bits per heavy atom. The van der Waals surface area contributed by atoms with Crippen molar-refractivity contribution in [1.82, 2.24) is 0 Å². The van der Waals surface area contributed by atoms with Crippen molar-refractivity contribution in [2.75, 3.05) is 0 Å². The van der Waals surface area contributed by atoms with Crippen molar-refractivity contribution >= 4 is 11.6 Å². The summed E-state index contributed by atoms with van der Waals surface area (Å²) in [6, 6.07) is 0. The molecule has 0 amide bonds. The highest BCUT2D eigenvalue weighted by Crippen LogP contribution is 2.61. The molecule has 0 heterocycles. The maximum atomic E-state index is 12.3. The van der Waals surface area contributed by atoms with Gasteiger partial charge in [0.05, 0.1) is 5.60 Å². The summed E-state index contributed by atoms with van der Waals surface area (Å²) in [5, 5.41) is 11.3. The number of hydrogen-bond acceptors (Lipinski definition) is 3. The largest absolute Gasteiger partial charge is 0.385 e. The Kier molecular flexibility index (Phi) is 2.79. The number of aliphatic hydroxyl groups is 1. The average Bonchev–Trinajstić information content (AvgIpc) is 2.76. The third-order valence-electron chi connectivity index (χ3n) is 7.15. The second-order valence-electron chi connectivity index (χ2n) is 7.89. The molecular formula is C18H24O3. The smallest absolute Gasteiger partial charge is 0.155 e. The SMILES string of the molecule is C[C@]12CC[C@@H]3[C@H](CCC4=CC(=O)CC[C@]43O)[C@H]1CCC2=O. The van der Waals surface area contributed by atoms with Crippen molar-refractivity contribution in [1.29, 1.82) is 0 Å². The Bertz CT molecular complexity index is 549. The summed E-state index contributed by atoms with van der Waals surface area (Å²) in [5.74, 6) is 1.79. The molecule has 5 atom stereocenters. The van der Waals surface area contributed by atoms with Crippen molar-refractivity contribution in [2.45, 2.75) is 63.9 Å². The highest BCUT2D eigenvalue weighted by atomic mass is 16.3. The van der Waals surface area contributed by atoms with E-state index in [-0.39, 0.29) is 17.1 Å². The zero-order valence-corrected chi connectivity index (χ0v) is 12.7. The predicted octanol–water partition coefficient (Wildman–Crippen LogP) is 2.81. The van der Waals surface area contributed by atoms with Gasteiger partial charge in [-0.2, -0.15) is 0 Å². The van der Waals surface area contributed by atoms with E-state index in [9.17, 15) is 14.7 Å². The van der Waals surface area contributed by atoms with Crippen molar-refractivity contribution in [3.8, 4) is 0 Å². The van der Waals surface area contributed by atoms with Crippen LogP contribution >= 0.6 is 0 Å². The summed E-state index contributed by atoms with van der Waals surface area (Å²) < 4.78 is 0. The predicted molar refractivity (Wildman–Crippen MR) is 78.6 cm³/mol. The zero-order valence-electron chi connectivity index (χ0n) is 12.7. The number of Topliss-reactive ketones (excluding diaryl/α,β-unsaturated/α-hetero) is 1. The maximum Gasteiger partial charge on any atom is 0.155 e. The van der Waals surface area contributed by atoms with Gasteiger partial charge in [-0.25, -0.2) is 0 Å². The molecule has 0 aromatic heterocycles. The molecule has 4 aliphatic rings. The molecule has 0 radical (unpaired) electrons. The highest BCUT2D eigenvalue weighted by Gasteiger charge is 2.59. The van der Waals surface area contributed by atoms with Crippen LogP contribution in [-0.2, 0) is 9.59 Å². The molecule has 4 aliphatic carbocycles. The van der Waals surface area contributed by atoms with E-state index in [2.05, 4.69) is 6.92 Å². The van der Waals surface area contributed by atoms with Gasteiger partial charge in [0.25, 0.3) is 0 Å². The average molecular weight is 288 g/mol. The topological polar surface area (TPSA) is 54.4 Å². The molecule has 114 valence electrons. The molecule has 3 saturated carbocycles. The van der Waals surface area contributed by atoms with Crippen LogP contribution in [0.3, 0.4) is 0 Å². The van der Waals surface area contributed by atoms with E-state index in [1.807, 2.05) is 0 Å². The van der Waals surface area contributed by atoms with Crippen molar-refractivity contribution in [3.63, 3.8) is 0 Å². The second-order valence-corrected chi connectivity index (χ2v) is 7.89. The Labute approximate surface area is 125 Å². The van der Waals surface area contributed by atoms with E-state index in [1.165, 1.54) is 0 Å². The van der Waals surface area contributed by atoms with Crippen LogP contribution in [0, 0.1) is 23.2 Å². The Morgan fingerprint density at radius 1 is 1.05 bits per heavy atom. The lowest BCUT2D eigenvalue weighted by molar-refractivity contribution is -0.138. The standard InChI is InChI=1S/C18H24O3/c1-17-8-7-15-13(14(17)4-5-16(17)20)3-2-11-10-12(19)6-9-18(11,15)21/h10,13-15,21H,2-9H2,1H3/t13-,14-,15-,17+,18+/m1/s1. The van der Waals surface area contributed by atoms with E-state index in [0.29, 0.717) is 30.5 Å². The van der Waals surface area contributed by atoms with Gasteiger partial charge in [-0.3, -0.25) is 9.59 Å². The van der Waals surface area contributed by atoms with Crippen LogP contribution in [-0.4, -0.2) is 22.3 Å². The Morgan fingerprint density at radius 2 is 1.86 bits per heavy atom. The molecule has 3 fully saturated rings. The first-order valence-corrected chi connectivity index (χ1v) is 8.45. The summed E-state index contributed by atoms with van der Waals surface area (Å²) in [4.78, 5) is 24.0. The molecule has 1 N–H and O–H groups in total. The first-order chi connectivity index (χ1) is 9.95. The summed E-state index contributed by atoms with van der Waals surface area (Å²) in [6.07, 6.45) is 8.25. The molecular weight excluding hydrogens is 264 g/mol. The fourth-order valence-corrected chi connectivity index (χ4v) is 5.95. The van der Waals surface area contributed by atoms with Crippen LogP contribution < -0.4 is 0 Å². The summed E-state index contributed by atoms with van der Waals surface area (Å²) in [7, 11) is 0. The minimum Gasteiger partial charge on any atom is -0.385 e. The molecule has 0 unspecified atom stereocenters. The van der Waals surface area contributed by atoms with E-state index >= 15 is 0 Å². The van der Waals surface area contributed by atoms with Gasteiger partial charge in [0, 0.05) is 18.3 Å². The number of fused-ring (bicyclic) bond motifs is 5. The molecule has 0 spiro atoms. The molecule has 3 heteroatoms. The first kappa shape index (κ1) is 13.7. The van der Waals surface area contributed by atoms with Crippen molar-refractivity contribution in [2.24, 2.45) is 23.2 Å². The van der Waals surface area contributed by atoms with Crippen LogP contribution in [0.5, 0.6) is 0 Å². The van der Waals surface area contributed by atoms with Gasteiger partial charge in [0.1, 0.15) is 5.78 Å². The number of carbonyl (C=O) groups excluding carboxylic acids is 2. The van der Waals surface area contributed by atoms with Gasteiger partial charge in [-0.1, -0.05) is 6.92 Å². The quantitative estimate of drug-likeness (QED) is 0.745. The third-order valence-corrected chi connectivity index (χ3v) is 7.15. The van der Waals surface area contributed by atoms with Crippen LogP contribution in [0.2, 0.25) is 0 Å². The van der Waals surface area contributed by atoms with E-state index in [1.54, 1.807) is 6.08 Å². The first-order valence-electron chi connectivity index (χ1n) is 8.45. The van der Waals surface area contributed by atoms with Gasteiger partial charge >= 0.3 is 0 Å². The molecule has 21 heavy (non-hydrogen) atoms. The molecule has 0 aromatic carbocycles. The van der Waals surface area contributed by atoms with Crippen molar-refractivity contribution < 1.29 is 14.7 Å². The third kappa shape index (κ3) is 1.70. The number of carbonyl (C=O) groups is 2. The number of hydrogen-bond donors (Lipinski definition) is 1. The van der Waals surface area contributed by atoms with Gasteiger partial charge in [-0.15, -0.1) is 0 Å². The van der Waals surface area contributed by atoms with Gasteiger partial charge < -0.3 is 5.11 Å². The second kappa shape index (κ2) is 4.28. The highest BCUT2D eigenvalue weighted by molar-refractivity contribution is 5.92. The fourth-order valence-electron chi connectivity index (χ4n) is 5.95. The monoisotopic (exact) mass is 288 g/mol.